The number of sulfonamides is 1. The van der Waals surface area contributed by atoms with Gasteiger partial charge in [-0.3, -0.25) is 0 Å². The molecule has 0 unspecified atom stereocenters. The molecule has 112 valence electrons. The van der Waals surface area contributed by atoms with Gasteiger partial charge in [0.1, 0.15) is 5.76 Å². The summed E-state index contributed by atoms with van der Waals surface area (Å²) in [6.45, 7) is 1.58. The first-order valence-electron chi connectivity index (χ1n) is 5.87. The summed E-state index contributed by atoms with van der Waals surface area (Å²) in [7, 11) is -3.85. The van der Waals surface area contributed by atoms with Gasteiger partial charge in [0.2, 0.25) is 10.0 Å². The molecule has 0 aliphatic heterocycles. The number of furan rings is 1. The Balaban J connectivity index is 2.37. The number of halogens is 1. The molecule has 0 radical (unpaired) electrons. The highest BCUT2D eigenvalue weighted by molar-refractivity contribution is 9.10. The highest BCUT2D eigenvalue weighted by Gasteiger charge is 2.21. The SMILES string of the molecule is Cc1c(Br)cc(C(=O)O)cc1S(=O)(=O)NCc1ccco1. The minimum Gasteiger partial charge on any atom is -0.478 e. The third kappa shape index (κ3) is 3.52. The van der Waals surface area contributed by atoms with E-state index in [0.717, 1.165) is 6.07 Å². The maximum Gasteiger partial charge on any atom is 0.335 e. The predicted octanol–water partition coefficient (Wildman–Crippen LogP) is 2.53. The Bertz CT molecular complexity index is 768. The number of benzene rings is 1. The molecular formula is C13H12BrNO5S. The van der Waals surface area contributed by atoms with Gasteiger partial charge in [-0.1, -0.05) is 15.9 Å². The first-order chi connectivity index (χ1) is 9.81. The molecule has 2 N–H and O–H groups in total. The van der Waals surface area contributed by atoms with Gasteiger partial charge in [0.15, 0.2) is 0 Å². The van der Waals surface area contributed by atoms with Crippen LogP contribution in [0.5, 0.6) is 0 Å². The third-order valence-electron chi connectivity index (χ3n) is 2.85. The average molecular weight is 374 g/mol. The van der Waals surface area contributed by atoms with Crippen molar-refractivity contribution in [2.45, 2.75) is 18.4 Å². The van der Waals surface area contributed by atoms with Gasteiger partial charge in [-0.25, -0.2) is 17.9 Å². The lowest BCUT2D eigenvalue weighted by atomic mass is 10.1. The average Bonchev–Trinajstić information content (AvgIpc) is 2.92. The summed E-state index contributed by atoms with van der Waals surface area (Å²) in [6.07, 6.45) is 1.44. The van der Waals surface area contributed by atoms with Crippen LogP contribution in [0.1, 0.15) is 21.7 Å². The van der Waals surface area contributed by atoms with E-state index >= 15 is 0 Å². The van der Waals surface area contributed by atoms with E-state index in [0.29, 0.717) is 15.8 Å². The molecule has 21 heavy (non-hydrogen) atoms. The Morgan fingerprint density at radius 1 is 1.43 bits per heavy atom. The van der Waals surface area contributed by atoms with E-state index in [-0.39, 0.29) is 17.0 Å². The van der Waals surface area contributed by atoms with E-state index in [4.69, 9.17) is 9.52 Å². The van der Waals surface area contributed by atoms with Gasteiger partial charge in [0.05, 0.1) is 23.3 Å². The van der Waals surface area contributed by atoms with Crippen molar-refractivity contribution < 1.29 is 22.7 Å². The van der Waals surface area contributed by atoms with Gasteiger partial charge in [-0.05, 0) is 36.8 Å². The minimum absolute atomic E-state index is 0.0102. The van der Waals surface area contributed by atoms with Gasteiger partial charge in [-0.15, -0.1) is 0 Å². The Kier molecular flexibility index (Phi) is 4.50. The molecule has 2 rings (SSSR count). The summed E-state index contributed by atoms with van der Waals surface area (Å²) >= 11 is 3.17. The molecule has 0 atom stereocenters. The third-order valence-corrected chi connectivity index (χ3v) is 5.20. The van der Waals surface area contributed by atoms with Crippen LogP contribution in [0, 0.1) is 6.92 Å². The van der Waals surface area contributed by atoms with Crippen molar-refractivity contribution >= 4 is 31.9 Å². The zero-order valence-corrected chi connectivity index (χ0v) is 13.4. The molecule has 1 heterocycles. The molecule has 0 spiro atoms. The molecule has 0 aliphatic carbocycles. The van der Waals surface area contributed by atoms with Crippen LogP contribution in [-0.2, 0) is 16.6 Å². The highest BCUT2D eigenvalue weighted by Crippen LogP contribution is 2.26. The number of hydrogen-bond acceptors (Lipinski definition) is 4. The van der Waals surface area contributed by atoms with Crippen molar-refractivity contribution in [1.82, 2.24) is 4.72 Å². The largest absolute Gasteiger partial charge is 0.478 e. The quantitative estimate of drug-likeness (QED) is 0.839. The zero-order chi connectivity index (χ0) is 15.6. The van der Waals surface area contributed by atoms with Crippen LogP contribution in [0.3, 0.4) is 0 Å². The van der Waals surface area contributed by atoms with Gasteiger partial charge in [-0.2, -0.15) is 0 Å². The molecule has 0 bridgehead atoms. The van der Waals surface area contributed by atoms with E-state index in [1.807, 2.05) is 0 Å². The van der Waals surface area contributed by atoms with Crippen molar-refractivity contribution in [2.24, 2.45) is 0 Å². The van der Waals surface area contributed by atoms with Gasteiger partial charge < -0.3 is 9.52 Å². The molecule has 0 saturated carbocycles. The fraction of sp³-hybridized carbons (Fsp3) is 0.154. The second-order valence-electron chi connectivity index (χ2n) is 4.29. The van der Waals surface area contributed by atoms with Crippen LogP contribution < -0.4 is 4.72 Å². The van der Waals surface area contributed by atoms with Crippen LogP contribution in [0.25, 0.3) is 0 Å². The van der Waals surface area contributed by atoms with E-state index < -0.39 is 16.0 Å². The number of rotatable bonds is 5. The number of carboxylic acids is 1. The summed E-state index contributed by atoms with van der Waals surface area (Å²) in [6, 6.07) is 5.78. The number of carboxylic acid groups (broad SMARTS) is 1. The number of nitrogens with one attached hydrogen (secondary N) is 1. The number of aromatic carboxylic acids is 1. The Morgan fingerprint density at radius 3 is 2.71 bits per heavy atom. The molecule has 0 fully saturated rings. The van der Waals surface area contributed by atoms with Crippen LogP contribution in [0.2, 0.25) is 0 Å². The van der Waals surface area contributed by atoms with Crippen molar-refractivity contribution in [1.29, 1.82) is 0 Å². The fourth-order valence-electron chi connectivity index (χ4n) is 1.71. The van der Waals surface area contributed by atoms with E-state index in [9.17, 15) is 13.2 Å². The summed E-state index contributed by atoms with van der Waals surface area (Å²) in [5, 5.41) is 9.02. The summed E-state index contributed by atoms with van der Waals surface area (Å²) in [4.78, 5) is 11.0. The van der Waals surface area contributed by atoms with Crippen molar-refractivity contribution in [3.63, 3.8) is 0 Å². The Morgan fingerprint density at radius 2 is 2.14 bits per heavy atom. The predicted molar refractivity (Wildman–Crippen MR) is 78.6 cm³/mol. The molecule has 0 saturated heterocycles. The lowest BCUT2D eigenvalue weighted by molar-refractivity contribution is 0.0696. The molecule has 1 aromatic heterocycles. The molecule has 0 aliphatic rings. The normalized spacial score (nSPS) is 11.5. The van der Waals surface area contributed by atoms with Gasteiger partial charge in [0, 0.05) is 4.47 Å². The lowest BCUT2D eigenvalue weighted by Crippen LogP contribution is -2.24. The van der Waals surface area contributed by atoms with E-state index in [1.165, 1.54) is 12.3 Å². The maximum atomic E-state index is 12.3. The topological polar surface area (TPSA) is 96.6 Å². The molecule has 0 amide bonds. The summed E-state index contributed by atoms with van der Waals surface area (Å²) in [5.41, 5.74) is 0.331. The molecular weight excluding hydrogens is 362 g/mol. The monoisotopic (exact) mass is 373 g/mol. The number of hydrogen-bond donors (Lipinski definition) is 2. The second kappa shape index (κ2) is 6.00. The maximum absolute atomic E-state index is 12.3. The minimum atomic E-state index is -3.85. The molecule has 6 nitrogen and oxygen atoms in total. The van der Waals surface area contributed by atoms with Gasteiger partial charge in [0.25, 0.3) is 0 Å². The number of carbonyl (C=O) groups is 1. The zero-order valence-electron chi connectivity index (χ0n) is 11.0. The lowest BCUT2D eigenvalue weighted by Gasteiger charge is -2.11. The van der Waals surface area contributed by atoms with Crippen LogP contribution >= 0.6 is 15.9 Å². The van der Waals surface area contributed by atoms with E-state index in [1.54, 1.807) is 19.1 Å². The second-order valence-corrected chi connectivity index (χ2v) is 6.88. The Labute approximate surface area is 130 Å². The van der Waals surface area contributed by atoms with Crippen molar-refractivity contribution in [3.8, 4) is 0 Å². The first kappa shape index (κ1) is 15.7. The van der Waals surface area contributed by atoms with E-state index in [2.05, 4.69) is 20.7 Å². The molecule has 1 aromatic carbocycles. The van der Waals surface area contributed by atoms with Crippen molar-refractivity contribution in [2.75, 3.05) is 0 Å². The summed E-state index contributed by atoms with van der Waals surface area (Å²) in [5.74, 6) is -0.733. The smallest absolute Gasteiger partial charge is 0.335 e. The molecule has 8 heteroatoms. The molecule has 2 aromatic rings. The van der Waals surface area contributed by atoms with Crippen LogP contribution in [-0.4, -0.2) is 19.5 Å². The Hall–Kier alpha value is -1.64. The standard InChI is InChI=1S/C13H12BrNO5S/c1-8-11(14)5-9(13(16)17)6-12(8)21(18,19)15-7-10-3-2-4-20-10/h2-6,15H,7H2,1H3,(H,16,17). The van der Waals surface area contributed by atoms with Gasteiger partial charge >= 0.3 is 5.97 Å². The van der Waals surface area contributed by atoms with Crippen LogP contribution in [0.4, 0.5) is 0 Å². The highest BCUT2D eigenvalue weighted by atomic mass is 79.9. The fourth-order valence-corrected chi connectivity index (χ4v) is 3.59. The van der Waals surface area contributed by atoms with Crippen molar-refractivity contribution in [3.05, 3.63) is 51.9 Å². The van der Waals surface area contributed by atoms with Crippen LogP contribution in [0.15, 0.2) is 44.3 Å². The summed E-state index contributed by atoms with van der Waals surface area (Å²) < 4.78 is 32.5. The first-order valence-corrected chi connectivity index (χ1v) is 8.14.